The van der Waals surface area contributed by atoms with Gasteiger partial charge in [0, 0.05) is 11.3 Å². The molecule has 1 aliphatic rings. The van der Waals surface area contributed by atoms with Gasteiger partial charge in [-0.2, -0.15) is 11.8 Å². The van der Waals surface area contributed by atoms with Gasteiger partial charge >= 0.3 is 5.97 Å². The number of rotatable bonds is 1. The van der Waals surface area contributed by atoms with E-state index < -0.39 is 0 Å². The van der Waals surface area contributed by atoms with E-state index in [9.17, 15) is 4.79 Å². The molecule has 12 heavy (non-hydrogen) atoms. The van der Waals surface area contributed by atoms with Crippen molar-refractivity contribution in [3.63, 3.8) is 0 Å². The molecule has 0 aromatic heterocycles. The smallest absolute Gasteiger partial charge is 0.330 e. The maximum absolute atomic E-state index is 10.9. The monoisotopic (exact) mass is 186 g/mol. The van der Waals surface area contributed by atoms with Crippen LogP contribution in [0.15, 0.2) is 11.6 Å². The molecule has 1 aliphatic heterocycles. The Balaban J connectivity index is 2.58. The summed E-state index contributed by atoms with van der Waals surface area (Å²) in [7, 11) is 1.42. The minimum Gasteiger partial charge on any atom is -0.466 e. The van der Waals surface area contributed by atoms with Gasteiger partial charge in [-0.05, 0) is 25.5 Å². The highest BCUT2D eigenvalue weighted by Crippen LogP contribution is 2.29. The topological polar surface area (TPSA) is 26.3 Å². The van der Waals surface area contributed by atoms with Crippen LogP contribution < -0.4 is 0 Å². The third kappa shape index (κ3) is 2.55. The van der Waals surface area contributed by atoms with Crippen LogP contribution in [0.5, 0.6) is 0 Å². The fourth-order valence-electron chi connectivity index (χ4n) is 1.25. The SMILES string of the molecule is COC(=O)/C=C1/CCCSC1C. The average Bonchev–Trinajstić information content (AvgIpc) is 2.09. The highest BCUT2D eigenvalue weighted by molar-refractivity contribution is 8.00. The van der Waals surface area contributed by atoms with E-state index in [1.165, 1.54) is 24.9 Å². The third-order valence-corrected chi connectivity index (χ3v) is 3.33. The highest BCUT2D eigenvalue weighted by Gasteiger charge is 2.15. The molecule has 0 saturated carbocycles. The molecule has 0 aliphatic carbocycles. The van der Waals surface area contributed by atoms with E-state index in [2.05, 4.69) is 11.7 Å². The lowest BCUT2D eigenvalue weighted by atomic mass is 10.1. The van der Waals surface area contributed by atoms with Crippen LogP contribution in [0.4, 0.5) is 0 Å². The van der Waals surface area contributed by atoms with E-state index in [0.29, 0.717) is 5.25 Å². The summed E-state index contributed by atoms with van der Waals surface area (Å²) in [5.74, 6) is 0.985. The third-order valence-electron chi connectivity index (χ3n) is 2.00. The Bertz CT molecular complexity index is 199. The van der Waals surface area contributed by atoms with Gasteiger partial charge in [-0.3, -0.25) is 0 Å². The number of methoxy groups -OCH3 is 1. The first kappa shape index (κ1) is 9.65. The van der Waals surface area contributed by atoms with Crippen LogP contribution in [-0.4, -0.2) is 24.1 Å². The van der Waals surface area contributed by atoms with E-state index in [-0.39, 0.29) is 5.97 Å². The van der Waals surface area contributed by atoms with E-state index in [1.54, 1.807) is 6.08 Å². The molecular weight excluding hydrogens is 172 g/mol. The predicted molar refractivity (Wildman–Crippen MR) is 51.3 cm³/mol. The Morgan fingerprint density at radius 1 is 1.75 bits per heavy atom. The molecular formula is C9H14O2S. The van der Waals surface area contributed by atoms with Crippen LogP contribution in [-0.2, 0) is 9.53 Å². The summed E-state index contributed by atoms with van der Waals surface area (Å²) in [5.41, 5.74) is 1.22. The van der Waals surface area contributed by atoms with Gasteiger partial charge in [0.25, 0.3) is 0 Å². The Hall–Kier alpha value is -0.440. The lowest BCUT2D eigenvalue weighted by molar-refractivity contribution is -0.134. The van der Waals surface area contributed by atoms with Crippen molar-refractivity contribution in [2.24, 2.45) is 0 Å². The second-order valence-corrected chi connectivity index (χ2v) is 4.31. The molecule has 0 N–H and O–H groups in total. The number of hydrogen-bond donors (Lipinski definition) is 0. The molecule has 68 valence electrons. The number of ether oxygens (including phenoxy) is 1. The van der Waals surface area contributed by atoms with Crippen molar-refractivity contribution in [1.29, 1.82) is 0 Å². The van der Waals surface area contributed by atoms with Crippen LogP contribution in [0.2, 0.25) is 0 Å². The summed E-state index contributed by atoms with van der Waals surface area (Å²) in [6.07, 6.45) is 3.86. The Morgan fingerprint density at radius 2 is 2.50 bits per heavy atom. The summed E-state index contributed by atoms with van der Waals surface area (Å²) in [4.78, 5) is 10.9. The summed E-state index contributed by atoms with van der Waals surface area (Å²) in [6.45, 7) is 2.14. The predicted octanol–water partition coefficient (Wildman–Crippen LogP) is 2.00. The fourth-order valence-corrected chi connectivity index (χ4v) is 2.31. The zero-order valence-electron chi connectivity index (χ0n) is 7.50. The highest BCUT2D eigenvalue weighted by atomic mass is 32.2. The number of carbonyl (C=O) groups is 1. The standard InChI is InChI=1S/C9H14O2S/c1-7-8(4-3-5-12-7)6-9(10)11-2/h6-7H,3-5H2,1-2H3/b8-6-. The molecule has 0 aromatic carbocycles. The summed E-state index contributed by atoms with van der Waals surface area (Å²) < 4.78 is 4.58. The molecule has 0 spiro atoms. The largest absolute Gasteiger partial charge is 0.466 e. The van der Waals surface area contributed by atoms with Gasteiger partial charge in [0.2, 0.25) is 0 Å². The van der Waals surface area contributed by atoms with Crippen molar-refractivity contribution in [2.75, 3.05) is 12.9 Å². The van der Waals surface area contributed by atoms with Gasteiger partial charge in [-0.25, -0.2) is 4.79 Å². The second kappa shape index (κ2) is 4.55. The Labute approximate surface area is 77.4 Å². The molecule has 1 fully saturated rings. The van der Waals surface area contributed by atoms with Crippen LogP contribution in [0, 0.1) is 0 Å². The second-order valence-electron chi connectivity index (χ2n) is 2.86. The molecule has 0 aromatic rings. The van der Waals surface area contributed by atoms with E-state index >= 15 is 0 Å². The minimum absolute atomic E-state index is 0.223. The molecule has 2 nitrogen and oxygen atoms in total. The first-order chi connectivity index (χ1) is 5.74. The first-order valence-electron chi connectivity index (χ1n) is 4.14. The fraction of sp³-hybridized carbons (Fsp3) is 0.667. The average molecular weight is 186 g/mol. The molecule has 1 rings (SSSR count). The number of hydrogen-bond acceptors (Lipinski definition) is 3. The molecule has 3 heteroatoms. The van der Waals surface area contributed by atoms with Gasteiger partial charge in [0.1, 0.15) is 0 Å². The zero-order chi connectivity index (χ0) is 8.97. The van der Waals surface area contributed by atoms with Crippen LogP contribution >= 0.6 is 11.8 Å². The van der Waals surface area contributed by atoms with Crippen LogP contribution in [0.3, 0.4) is 0 Å². The lowest BCUT2D eigenvalue weighted by Crippen LogP contribution is -2.11. The van der Waals surface area contributed by atoms with Crippen molar-refractivity contribution in [3.05, 3.63) is 11.6 Å². The molecule has 1 unspecified atom stereocenters. The molecule has 0 radical (unpaired) electrons. The van der Waals surface area contributed by atoms with Crippen molar-refractivity contribution in [1.82, 2.24) is 0 Å². The summed E-state index contributed by atoms with van der Waals surface area (Å²) >= 11 is 1.90. The summed E-state index contributed by atoms with van der Waals surface area (Å²) in [5, 5.41) is 0.484. The van der Waals surface area contributed by atoms with E-state index in [1.807, 2.05) is 11.8 Å². The Kier molecular flexibility index (Phi) is 3.66. The van der Waals surface area contributed by atoms with Crippen molar-refractivity contribution in [3.8, 4) is 0 Å². The zero-order valence-corrected chi connectivity index (χ0v) is 8.32. The maximum atomic E-state index is 10.9. The van der Waals surface area contributed by atoms with Gasteiger partial charge < -0.3 is 4.74 Å². The van der Waals surface area contributed by atoms with Crippen molar-refractivity contribution < 1.29 is 9.53 Å². The maximum Gasteiger partial charge on any atom is 0.330 e. The number of carbonyl (C=O) groups excluding carboxylic acids is 1. The summed E-state index contributed by atoms with van der Waals surface area (Å²) in [6, 6.07) is 0. The van der Waals surface area contributed by atoms with E-state index in [4.69, 9.17) is 0 Å². The van der Waals surface area contributed by atoms with Crippen molar-refractivity contribution >= 4 is 17.7 Å². The molecule has 0 amide bonds. The van der Waals surface area contributed by atoms with Crippen molar-refractivity contribution in [2.45, 2.75) is 25.0 Å². The van der Waals surface area contributed by atoms with Gasteiger partial charge in [0.15, 0.2) is 0 Å². The molecule has 1 heterocycles. The quantitative estimate of drug-likeness (QED) is 0.463. The first-order valence-corrected chi connectivity index (χ1v) is 5.19. The minimum atomic E-state index is -0.223. The van der Waals surface area contributed by atoms with Gasteiger partial charge in [0.05, 0.1) is 7.11 Å². The van der Waals surface area contributed by atoms with E-state index in [0.717, 1.165) is 6.42 Å². The number of esters is 1. The van der Waals surface area contributed by atoms with Crippen LogP contribution in [0.25, 0.3) is 0 Å². The molecule has 0 bridgehead atoms. The normalized spacial score (nSPS) is 27.2. The van der Waals surface area contributed by atoms with Gasteiger partial charge in [-0.1, -0.05) is 5.57 Å². The van der Waals surface area contributed by atoms with Gasteiger partial charge in [-0.15, -0.1) is 0 Å². The molecule has 1 atom stereocenters. The lowest BCUT2D eigenvalue weighted by Gasteiger charge is -2.20. The van der Waals surface area contributed by atoms with Crippen LogP contribution in [0.1, 0.15) is 19.8 Å². The number of thioether (sulfide) groups is 1. The molecule has 1 saturated heterocycles. The Morgan fingerprint density at radius 3 is 3.08 bits per heavy atom.